The maximum atomic E-state index is 13.8. The Morgan fingerprint density at radius 2 is 1.55 bits per heavy atom. The van der Waals surface area contributed by atoms with Crippen LogP contribution in [0.5, 0.6) is 0 Å². The quantitative estimate of drug-likeness (QED) is 0.145. The number of hydrogen-bond acceptors (Lipinski definition) is 4. The Morgan fingerprint density at radius 1 is 0.894 bits per heavy atom. The minimum atomic E-state index is -4.44. The van der Waals surface area contributed by atoms with Gasteiger partial charge < -0.3 is 15.0 Å². The SMILES string of the molecule is CCOC(=O)[C@]1(c2ccccc2)CC[C@H](C(=O)N(C)CCCNC(=O)c2ccccc2-c2ccc(C(F)(F)F)cc2)c2ccccc21. The first-order valence-electron chi connectivity index (χ1n) is 15.7. The highest BCUT2D eigenvalue weighted by Crippen LogP contribution is 2.48. The molecule has 9 heteroatoms. The van der Waals surface area contributed by atoms with Crippen molar-refractivity contribution in [3.05, 3.63) is 131 Å². The lowest BCUT2D eigenvalue weighted by Gasteiger charge is -2.41. The normalized spacial score (nSPS) is 17.3. The lowest BCUT2D eigenvalue weighted by molar-refractivity contribution is -0.149. The number of hydrogen-bond donors (Lipinski definition) is 1. The molecule has 6 nitrogen and oxygen atoms in total. The van der Waals surface area contributed by atoms with Gasteiger partial charge in [0.25, 0.3) is 5.91 Å². The van der Waals surface area contributed by atoms with E-state index in [9.17, 15) is 27.6 Å². The molecule has 0 aliphatic heterocycles. The second kappa shape index (κ2) is 14.2. The van der Waals surface area contributed by atoms with E-state index >= 15 is 0 Å². The summed E-state index contributed by atoms with van der Waals surface area (Å²) in [6.07, 6.45) is -3.07. The zero-order valence-electron chi connectivity index (χ0n) is 26.3. The smallest absolute Gasteiger partial charge is 0.416 e. The van der Waals surface area contributed by atoms with E-state index in [4.69, 9.17) is 4.74 Å². The van der Waals surface area contributed by atoms with Gasteiger partial charge in [0, 0.05) is 25.7 Å². The van der Waals surface area contributed by atoms with Crippen molar-refractivity contribution in [2.24, 2.45) is 0 Å². The third-order valence-corrected chi connectivity index (χ3v) is 8.82. The number of carbonyl (C=O) groups is 3. The van der Waals surface area contributed by atoms with Crippen molar-refractivity contribution >= 4 is 17.8 Å². The fraction of sp³-hybridized carbons (Fsp3) is 0.289. The standard InChI is InChI=1S/C38H37F3N2O4/c1-3-47-36(46)37(27-12-5-4-6-13-27)23-22-32(30-15-9-10-17-33(30)37)35(45)43(2)25-11-24-42-34(44)31-16-8-7-14-29(31)26-18-20-28(21-19-26)38(39,40)41/h4-10,12-21,32H,3,11,22-25H2,1-2H3,(H,42,44)/t32-,37-/m0/s1. The number of likely N-dealkylation sites (N-methyl/N-ethyl adjacent to an activating group) is 1. The molecule has 0 spiro atoms. The van der Waals surface area contributed by atoms with Crippen LogP contribution in [-0.2, 0) is 25.9 Å². The van der Waals surface area contributed by atoms with Crippen molar-refractivity contribution in [2.45, 2.75) is 43.7 Å². The summed E-state index contributed by atoms with van der Waals surface area (Å²) >= 11 is 0. The molecule has 4 aromatic carbocycles. The van der Waals surface area contributed by atoms with E-state index in [0.29, 0.717) is 49.0 Å². The summed E-state index contributed by atoms with van der Waals surface area (Å²) in [7, 11) is 1.73. The van der Waals surface area contributed by atoms with Gasteiger partial charge in [-0.1, -0.05) is 84.9 Å². The van der Waals surface area contributed by atoms with Crippen LogP contribution in [-0.4, -0.2) is 49.4 Å². The van der Waals surface area contributed by atoms with E-state index in [1.165, 1.54) is 12.1 Å². The largest absolute Gasteiger partial charge is 0.465 e. The zero-order valence-corrected chi connectivity index (χ0v) is 26.3. The van der Waals surface area contributed by atoms with Crippen molar-refractivity contribution in [3.63, 3.8) is 0 Å². The predicted octanol–water partition coefficient (Wildman–Crippen LogP) is 7.38. The van der Waals surface area contributed by atoms with Gasteiger partial charge in [0.2, 0.25) is 5.91 Å². The minimum absolute atomic E-state index is 0.0676. The first-order valence-corrected chi connectivity index (χ1v) is 15.7. The van der Waals surface area contributed by atoms with Gasteiger partial charge >= 0.3 is 12.1 Å². The number of fused-ring (bicyclic) bond motifs is 1. The Morgan fingerprint density at radius 3 is 2.26 bits per heavy atom. The second-order valence-corrected chi connectivity index (χ2v) is 11.7. The molecule has 0 unspecified atom stereocenters. The third kappa shape index (κ3) is 6.94. The van der Waals surface area contributed by atoms with Gasteiger partial charge in [-0.05, 0) is 72.2 Å². The van der Waals surface area contributed by atoms with Crippen LogP contribution in [0.4, 0.5) is 13.2 Å². The average molecular weight is 643 g/mol. The Kier molecular flexibility index (Phi) is 10.1. The van der Waals surface area contributed by atoms with E-state index in [2.05, 4.69) is 5.32 Å². The molecule has 2 amide bonds. The van der Waals surface area contributed by atoms with Gasteiger partial charge in [-0.3, -0.25) is 14.4 Å². The molecule has 0 bridgehead atoms. The van der Waals surface area contributed by atoms with Gasteiger partial charge in [-0.15, -0.1) is 0 Å². The van der Waals surface area contributed by atoms with Crippen molar-refractivity contribution < 1.29 is 32.3 Å². The number of nitrogens with one attached hydrogen (secondary N) is 1. The number of halogens is 3. The molecule has 1 aliphatic carbocycles. The van der Waals surface area contributed by atoms with Crippen LogP contribution < -0.4 is 5.32 Å². The van der Waals surface area contributed by atoms with Gasteiger partial charge in [-0.2, -0.15) is 13.2 Å². The van der Waals surface area contributed by atoms with Crippen molar-refractivity contribution in [1.29, 1.82) is 0 Å². The summed E-state index contributed by atoms with van der Waals surface area (Å²) in [5.74, 6) is -1.19. The maximum absolute atomic E-state index is 13.8. The Hall–Kier alpha value is -4.92. The molecule has 4 aromatic rings. The summed E-state index contributed by atoms with van der Waals surface area (Å²) in [6.45, 7) is 2.71. The number of esters is 1. The van der Waals surface area contributed by atoms with Crippen molar-refractivity contribution in [2.75, 3.05) is 26.7 Å². The first kappa shape index (κ1) is 33.4. The Bertz CT molecular complexity index is 1720. The van der Waals surface area contributed by atoms with Crippen LogP contribution in [0.1, 0.15) is 64.7 Å². The van der Waals surface area contributed by atoms with Crippen molar-refractivity contribution in [1.82, 2.24) is 10.2 Å². The Labute approximate surface area is 272 Å². The maximum Gasteiger partial charge on any atom is 0.416 e. The predicted molar refractivity (Wildman–Crippen MR) is 174 cm³/mol. The summed E-state index contributed by atoms with van der Waals surface area (Å²) in [4.78, 5) is 42.1. The van der Waals surface area contributed by atoms with E-state index in [1.54, 1.807) is 43.1 Å². The van der Waals surface area contributed by atoms with Crippen LogP contribution in [0, 0.1) is 0 Å². The van der Waals surface area contributed by atoms with Crippen LogP contribution in [0.25, 0.3) is 11.1 Å². The van der Waals surface area contributed by atoms with E-state index in [-0.39, 0.29) is 24.4 Å². The summed E-state index contributed by atoms with van der Waals surface area (Å²) < 4.78 is 44.7. The van der Waals surface area contributed by atoms with Gasteiger partial charge in [0.1, 0.15) is 5.41 Å². The second-order valence-electron chi connectivity index (χ2n) is 11.7. The molecule has 244 valence electrons. The molecule has 2 atom stereocenters. The summed E-state index contributed by atoms with van der Waals surface area (Å²) in [6, 6.07) is 28.6. The molecule has 47 heavy (non-hydrogen) atoms. The highest BCUT2D eigenvalue weighted by atomic mass is 19.4. The summed E-state index contributed by atoms with van der Waals surface area (Å²) in [5.41, 5.74) is 2.03. The fourth-order valence-corrected chi connectivity index (χ4v) is 6.46. The lowest BCUT2D eigenvalue weighted by Crippen LogP contribution is -2.45. The lowest BCUT2D eigenvalue weighted by atomic mass is 9.63. The molecule has 0 fully saturated rings. The molecule has 5 rings (SSSR count). The van der Waals surface area contributed by atoms with Crippen molar-refractivity contribution in [3.8, 4) is 11.1 Å². The number of nitrogens with zero attached hydrogens (tertiary/aromatic N) is 1. The number of benzene rings is 4. The topological polar surface area (TPSA) is 75.7 Å². The number of amides is 2. The molecular formula is C38H37F3N2O4. The number of ether oxygens (including phenoxy) is 1. The van der Waals surface area contributed by atoms with E-state index < -0.39 is 23.1 Å². The molecule has 0 aromatic heterocycles. The summed E-state index contributed by atoms with van der Waals surface area (Å²) in [5, 5.41) is 2.88. The van der Waals surface area contributed by atoms with Gasteiger partial charge in [0.15, 0.2) is 0 Å². The highest BCUT2D eigenvalue weighted by molar-refractivity contribution is 6.01. The highest BCUT2D eigenvalue weighted by Gasteiger charge is 2.49. The minimum Gasteiger partial charge on any atom is -0.465 e. The zero-order chi connectivity index (χ0) is 33.6. The van der Waals surface area contributed by atoms with Gasteiger partial charge in [-0.25, -0.2) is 0 Å². The molecule has 0 saturated heterocycles. The molecule has 1 aliphatic rings. The van der Waals surface area contributed by atoms with Crippen LogP contribution in [0.3, 0.4) is 0 Å². The molecule has 0 radical (unpaired) electrons. The monoisotopic (exact) mass is 642 g/mol. The molecule has 0 heterocycles. The van der Waals surface area contributed by atoms with E-state index in [0.717, 1.165) is 28.8 Å². The number of rotatable bonds is 10. The number of alkyl halides is 3. The molecule has 0 saturated carbocycles. The molecule has 1 N–H and O–H groups in total. The first-order chi connectivity index (χ1) is 22.6. The van der Waals surface area contributed by atoms with Crippen LogP contribution in [0.15, 0.2) is 103 Å². The average Bonchev–Trinajstić information content (AvgIpc) is 3.09. The Balaban J connectivity index is 1.24. The number of carbonyl (C=O) groups excluding carboxylic acids is 3. The fourth-order valence-electron chi connectivity index (χ4n) is 6.46. The molecular weight excluding hydrogens is 605 g/mol. The third-order valence-electron chi connectivity index (χ3n) is 8.82. The van der Waals surface area contributed by atoms with Gasteiger partial charge in [0.05, 0.1) is 18.1 Å². The van der Waals surface area contributed by atoms with Crippen LogP contribution >= 0.6 is 0 Å². The van der Waals surface area contributed by atoms with E-state index in [1.807, 2.05) is 54.6 Å². The van der Waals surface area contributed by atoms with Crippen LogP contribution in [0.2, 0.25) is 0 Å².